The Morgan fingerprint density at radius 3 is 2.55 bits per heavy atom. The van der Waals surface area contributed by atoms with Gasteiger partial charge in [0.05, 0.1) is 0 Å². The molecule has 1 aromatic rings. The Labute approximate surface area is 62.3 Å². The van der Waals surface area contributed by atoms with E-state index in [2.05, 4.69) is 15.6 Å². The van der Waals surface area contributed by atoms with E-state index < -0.39 is 0 Å². The lowest BCUT2D eigenvalue weighted by atomic mass is 10.3. The highest BCUT2D eigenvalue weighted by atomic mass is 19.1. The number of rotatable bonds is 2. The summed E-state index contributed by atoms with van der Waals surface area (Å²) in [5, 5.41) is 3.08. The number of nitrogens with zero attached hydrogens (tertiary/aromatic N) is 3. The van der Waals surface area contributed by atoms with Crippen molar-refractivity contribution in [3.8, 4) is 0 Å². The fraction of sp³-hybridized carbons (Fsp3) is 0. The largest absolute Gasteiger partial charge is 0.227 e. The van der Waals surface area contributed by atoms with E-state index in [4.69, 9.17) is 5.53 Å². The molecule has 0 aliphatic carbocycles. The van der Waals surface area contributed by atoms with E-state index in [-0.39, 0.29) is 5.82 Å². The van der Waals surface area contributed by atoms with Crippen molar-refractivity contribution in [2.75, 3.05) is 5.43 Å². The quantitative estimate of drug-likeness (QED) is 0.301. The van der Waals surface area contributed by atoms with E-state index in [1.54, 1.807) is 0 Å². The SMILES string of the molecule is [N-]=[N+]=NNc1ccc(F)cc1. The van der Waals surface area contributed by atoms with Crippen molar-refractivity contribution >= 4 is 5.69 Å². The number of hydrogen-bond donors (Lipinski definition) is 1. The van der Waals surface area contributed by atoms with Crippen molar-refractivity contribution in [2.45, 2.75) is 0 Å². The molecule has 5 heteroatoms. The molecule has 0 unspecified atom stereocenters. The van der Waals surface area contributed by atoms with Crippen LogP contribution < -0.4 is 5.43 Å². The van der Waals surface area contributed by atoms with Crippen LogP contribution >= 0.6 is 0 Å². The Bertz CT molecular complexity index is 275. The van der Waals surface area contributed by atoms with Crippen LogP contribution in [0.4, 0.5) is 10.1 Å². The number of halogens is 1. The summed E-state index contributed by atoms with van der Waals surface area (Å²) in [6.45, 7) is 0. The normalized spacial score (nSPS) is 8.45. The van der Waals surface area contributed by atoms with Gasteiger partial charge in [-0.25, -0.2) is 9.82 Å². The summed E-state index contributed by atoms with van der Waals surface area (Å²) < 4.78 is 12.3. The van der Waals surface area contributed by atoms with Crippen molar-refractivity contribution < 1.29 is 4.39 Å². The summed E-state index contributed by atoms with van der Waals surface area (Å²) in [5.41, 5.74) is 10.8. The minimum atomic E-state index is -0.323. The minimum absolute atomic E-state index is 0.323. The first-order valence-corrected chi connectivity index (χ1v) is 2.88. The van der Waals surface area contributed by atoms with Gasteiger partial charge in [0.25, 0.3) is 0 Å². The van der Waals surface area contributed by atoms with Crippen molar-refractivity contribution in [1.29, 1.82) is 0 Å². The first-order valence-electron chi connectivity index (χ1n) is 2.88. The fourth-order valence-electron chi connectivity index (χ4n) is 0.605. The Hall–Kier alpha value is -1.74. The van der Waals surface area contributed by atoms with Gasteiger partial charge in [0.1, 0.15) is 11.5 Å². The van der Waals surface area contributed by atoms with Crippen LogP contribution in [0.1, 0.15) is 0 Å². The van der Waals surface area contributed by atoms with Gasteiger partial charge in [-0.05, 0) is 29.5 Å². The maximum Gasteiger partial charge on any atom is 0.128 e. The topological polar surface area (TPSA) is 60.8 Å². The average Bonchev–Trinajstić information content (AvgIpc) is 2.04. The first kappa shape index (κ1) is 7.37. The second-order valence-corrected chi connectivity index (χ2v) is 1.81. The number of anilines is 1. The molecule has 0 amide bonds. The molecule has 0 bridgehead atoms. The smallest absolute Gasteiger partial charge is 0.128 e. The van der Waals surface area contributed by atoms with Crippen molar-refractivity contribution in [3.63, 3.8) is 0 Å². The van der Waals surface area contributed by atoms with Crippen LogP contribution in [-0.2, 0) is 0 Å². The van der Waals surface area contributed by atoms with Crippen LogP contribution in [-0.4, -0.2) is 0 Å². The molecular formula is C6H5FN4. The lowest BCUT2D eigenvalue weighted by Gasteiger charge is -1.92. The number of azide groups is 1. The Morgan fingerprint density at radius 1 is 1.36 bits per heavy atom. The van der Waals surface area contributed by atoms with Crippen LogP contribution in [0.3, 0.4) is 0 Å². The van der Waals surface area contributed by atoms with E-state index in [0.29, 0.717) is 5.69 Å². The third-order valence-corrected chi connectivity index (χ3v) is 1.07. The fourth-order valence-corrected chi connectivity index (χ4v) is 0.605. The average molecular weight is 152 g/mol. The predicted octanol–water partition coefficient (Wildman–Crippen LogP) is 2.46. The summed E-state index contributed by atoms with van der Waals surface area (Å²) >= 11 is 0. The molecule has 1 rings (SSSR count). The van der Waals surface area contributed by atoms with Gasteiger partial charge in [-0.3, -0.25) is 0 Å². The molecule has 11 heavy (non-hydrogen) atoms. The summed E-state index contributed by atoms with van der Waals surface area (Å²) in [7, 11) is 0. The highest BCUT2D eigenvalue weighted by molar-refractivity contribution is 5.41. The van der Waals surface area contributed by atoms with Gasteiger partial charge in [0, 0.05) is 0 Å². The second-order valence-electron chi connectivity index (χ2n) is 1.81. The molecule has 0 spiro atoms. The zero-order chi connectivity index (χ0) is 8.10. The van der Waals surface area contributed by atoms with Crippen molar-refractivity contribution in [1.82, 2.24) is 0 Å². The van der Waals surface area contributed by atoms with Gasteiger partial charge in [-0.1, -0.05) is 0 Å². The summed E-state index contributed by atoms with van der Waals surface area (Å²) in [6.07, 6.45) is 0. The van der Waals surface area contributed by atoms with Gasteiger partial charge in [-0.2, -0.15) is 4.91 Å². The molecule has 0 saturated carbocycles. The van der Waals surface area contributed by atoms with Gasteiger partial charge in [-0.15, -0.1) is 5.53 Å². The van der Waals surface area contributed by atoms with Crippen molar-refractivity contribution in [2.24, 2.45) is 5.22 Å². The molecule has 56 valence electrons. The van der Waals surface area contributed by atoms with Crippen molar-refractivity contribution in [3.05, 3.63) is 40.5 Å². The Kier molecular flexibility index (Phi) is 2.30. The third-order valence-electron chi connectivity index (χ3n) is 1.07. The molecule has 1 aromatic carbocycles. The van der Waals surface area contributed by atoms with E-state index in [9.17, 15) is 4.39 Å². The summed E-state index contributed by atoms with van der Waals surface area (Å²) in [6, 6.07) is 5.50. The van der Waals surface area contributed by atoms with E-state index in [1.807, 2.05) is 0 Å². The highest BCUT2D eigenvalue weighted by Gasteiger charge is 1.91. The molecule has 1 N–H and O–H groups in total. The van der Waals surface area contributed by atoms with Gasteiger partial charge >= 0.3 is 0 Å². The molecular weight excluding hydrogens is 147 g/mol. The Morgan fingerprint density at radius 2 is 2.00 bits per heavy atom. The molecule has 0 heterocycles. The minimum Gasteiger partial charge on any atom is -0.227 e. The monoisotopic (exact) mass is 152 g/mol. The predicted molar refractivity (Wildman–Crippen MR) is 39.2 cm³/mol. The van der Waals surface area contributed by atoms with Gasteiger partial charge in [0.15, 0.2) is 0 Å². The van der Waals surface area contributed by atoms with Crippen LogP contribution in [0.15, 0.2) is 29.5 Å². The lowest BCUT2D eigenvalue weighted by molar-refractivity contribution is 0.628. The molecule has 0 aromatic heterocycles. The maximum absolute atomic E-state index is 12.3. The third kappa shape index (κ3) is 2.15. The highest BCUT2D eigenvalue weighted by Crippen LogP contribution is 2.07. The Balaban J connectivity index is 2.73. The number of benzene rings is 1. The lowest BCUT2D eigenvalue weighted by Crippen LogP contribution is -1.84. The number of hydrogen-bond acceptors (Lipinski definition) is 1. The number of nitrogens with one attached hydrogen (secondary N) is 1. The van der Waals surface area contributed by atoms with Crippen LogP contribution in [0.2, 0.25) is 0 Å². The molecule has 0 aliphatic heterocycles. The molecule has 0 radical (unpaired) electrons. The molecule has 4 nitrogen and oxygen atoms in total. The van der Waals surface area contributed by atoms with E-state index in [0.717, 1.165) is 0 Å². The van der Waals surface area contributed by atoms with Crippen LogP contribution in [0.5, 0.6) is 0 Å². The van der Waals surface area contributed by atoms with E-state index >= 15 is 0 Å². The summed E-state index contributed by atoms with van der Waals surface area (Å²) in [5.74, 6) is -0.323. The van der Waals surface area contributed by atoms with Crippen LogP contribution in [0.25, 0.3) is 10.4 Å². The van der Waals surface area contributed by atoms with E-state index in [1.165, 1.54) is 24.3 Å². The molecule has 0 atom stereocenters. The maximum atomic E-state index is 12.3. The van der Waals surface area contributed by atoms with Gasteiger partial charge < -0.3 is 0 Å². The molecule has 0 saturated heterocycles. The standard InChI is InChI=1S/C6H5FN4/c7-5-1-3-6(4-2-5)9-11-10-8/h1-4,9H. The first-order chi connectivity index (χ1) is 5.33. The molecule has 0 fully saturated rings. The van der Waals surface area contributed by atoms with Gasteiger partial charge in [0.2, 0.25) is 0 Å². The zero-order valence-corrected chi connectivity index (χ0v) is 5.53. The second kappa shape index (κ2) is 3.43. The van der Waals surface area contributed by atoms with Crippen LogP contribution in [0, 0.1) is 5.82 Å². The summed E-state index contributed by atoms with van der Waals surface area (Å²) in [4.78, 5) is 2.47. The zero-order valence-electron chi connectivity index (χ0n) is 5.53. The molecule has 0 aliphatic rings.